The van der Waals surface area contributed by atoms with Gasteiger partial charge in [0.1, 0.15) is 5.82 Å². The van der Waals surface area contributed by atoms with Gasteiger partial charge in [-0.3, -0.25) is 0 Å². The molecule has 1 aliphatic rings. The number of aromatic nitrogens is 3. The minimum atomic E-state index is 0.555. The molecular formula is C16H15Cl2N5. The molecule has 0 spiro atoms. The number of rotatable bonds is 2. The average molecular weight is 348 g/mol. The maximum atomic E-state index is 6.25. The number of hydrogen-bond donors (Lipinski definition) is 1. The monoisotopic (exact) mass is 347 g/mol. The minimum Gasteiger partial charge on any atom is -0.352 e. The van der Waals surface area contributed by atoms with Crippen molar-refractivity contribution in [3.05, 3.63) is 46.6 Å². The highest BCUT2D eigenvalue weighted by Gasteiger charge is 2.22. The van der Waals surface area contributed by atoms with Crippen LogP contribution in [0.25, 0.3) is 11.0 Å². The van der Waals surface area contributed by atoms with Gasteiger partial charge in [-0.05, 0) is 18.2 Å². The van der Waals surface area contributed by atoms with Crippen LogP contribution in [-0.2, 0) is 0 Å². The lowest BCUT2D eigenvalue weighted by Crippen LogP contribution is -2.47. The number of nitrogens with zero attached hydrogens (tertiary/aromatic N) is 4. The van der Waals surface area contributed by atoms with E-state index >= 15 is 0 Å². The Morgan fingerprint density at radius 3 is 2.48 bits per heavy atom. The second-order valence-electron chi connectivity index (χ2n) is 5.51. The number of aromatic amines is 1. The van der Waals surface area contributed by atoms with E-state index < -0.39 is 0 Å². The third-order valence-corrected chi connectivity index (χ3v) is 4.53. The molecule has 0 unspecified atom stereocenters. The van der Waals surface area contributed by atoms with Gasteiger partial charge in [0.2, 0.25) is 5.95 Å². The van der Waals surface area contributed by atoms with Crippen molar-refractivity contribution in [1.82, 2.24) is 15.0 Å². The third-order valence-electron chi connectivity index (χ3n) is 4.04. The van der Waals surface area contributed by atoms with Crippen molar-refractivity contribution in [2.24, 2.45) is 0 Å². The molecule has 4 rings (SSSR count). The van der Waals surface area contributed by atoms with Crippen molar-refractivity contribution in [2.75, 3.05) is 36.0 Å². The Hall–Kier alpha value is -1.98. The molecule has 118 valence electrons. The Kier molecular flexibility index (Phi) is 3.75. The van der Waals surface area contributed by atoms with Gasteiger partial charge in [-0.2, -0.15) is 0 Å². The van der Waals surface area contributed by atoms with Crippen LogP contribution >= 0.6 is 23.2 Å². The molecule has 1 N–H and O–H groups in total. The average Bonchev–Trinajstić information content (AvgIpc) is 2.99. The topological polar surface area (TPSA) is 48.1 Å². The fraction of sp³-hybridized carbons (Fsp3) is 0.250. The van der Waals surface area contributed by atoms with Gasteiger partial charge in [-0.1, -0.05) is 35.3 Å². The van der Waals surface area contributed by atoms with Gasteiger partial charge in [0.05, 0.1) is 21.1 Å². The fourth-order valence-electron chi connectivity index (χ4n) is 2.86. The summed E-state index contributed by atoms with van der Waals surface area (Å²) in [5.74, 6) is 1.71. The number of imidazole rings is 1. The molecule has 1 aromatic carbocycles. The molecule has 2 aromatic heterocycles. The maximum absolute atomic E-state index is 6.25. The number of benzene rings is 1. The lowest BCUT2D eigenvalue weighted by atomic mass is 10.3. The van der Waals surface area contributed by atoms with E-state index in [0.29, 0.717) is 10.0 Å². The van der Waals surface area contributed by atoms with Crippen molar-refractivity contribution < 1.29 is 0 Å². The van der Waals surface area contributed by atoms with Crippen LogP contribution in [-0.4, -0.2) is 41.1 Å². The van der Waals surface area contributed by atoms with Crippen LogP contribution in [0.5, 0.6) is 0 Å². The molecule has 0 atom stereocenters. The SMILES string of the molecule is Clc1cnc(N2CCN(c3nc4ccccc4[nH]3)CC2)c(Cl)c1. The normalized spacial score (nSPS) is 15.4. The number of nitrogens with one attached hydrogen (secondary N) is 1. The van der Waals surface area contributed by atoms with Crippen molar-refractivity contribution in [2.45, 2.75) is 0 Å². The first-order valence-corrected chi connectivity index (χ1v) is 8.22. The number of anilines is 2. The second-order valence-corrected chi connectivity index (χ2v) is 6.35. The smallest absolute Gasteiger partial charge is 0.203 e. The maximum Gasteiger partial charge on any atom is 0.203 e. The first kappa shape index (κ1) is 14.6. The molecular weight excluding hydrogens is 333 g/mol. The lowest BCUT2D eigenvalue weighted by Gasteiger charge is -2.35. The predicted molar refractivity (Wildman–Crippen MR) is 94.8 cm³/mol. The van der Waals surface area contributed by atoms with E-state index in [2.05, 4.69) is 24.8 Å². The Bertz CT molecular complexity index is 806. The van der Waals surface area contributed by atoms with Crippen LogP contribution in [0.2, 0.25) is 10.0 Å². The highest BCUT2D eigenvalue weighted by molar-refractivity contribution is 6.36. The van der Waals surface area contributed by atoms with E-state index in [1.807, 2.05) is 24.3 Å². The van der Waals surface area contributed by atoms with E-state index in [4.69, 9.17) is 23.2 Å². The summed E-state index contributed by atoms with van der Waals surface area (Å²) >= 11 is 12.2. The number of H-pyrrole nitrogens is 1. The largest absolute Gasteiger partial charge is 0.352 e. The standard InChI is InChI=1S/C16H15Cl2N5/c17-11-9-12(18)15(19-10-11)22-5-7-23(8-6-22)16-20-13-3-1-2-4-14(13)21-16/h1-4,9-10H,5-8H2,(H,20,21). The van der Waals surface area contributed by atoms with Gasteiger partial charge in [-0.25, -0.2) is 9.97 Å². The molecule has 23 heavy (non-hydrogen) atoms. The molecule has 3 heterocycles. The second kappa shape index (κ2) is 5.91. The molecule has 5 nitrogen and oxygen atoms in total. The molecule has 1 fully saturated rings. The van der Waals surface area contributed by atoms with Gasteiger partial charge < -0.3 is 14.8 Å². The zero-order chi connectivity index (χ0) is 15.8. The summed E-state index contributed by atoms with van der Waals surface area (Å²) in [5.41, 5.74) is 2.06. The minimum absolute atomic E-state index is 0.555. The van der Waals surface area contributed by atoms with E-state index in [-0.39, 0.29) is 0 Å². The first-order valence-electron chi connectivity index (χ1n) is 7.46. The molecule has 0 saturated carbocycles. The summed E-state index contributed by atoms with van der Waals surface area (Å²) < 4.78 is 0. The molecule has 3 aromatic rings. The zero-order valence-electron chi connectivity index (χ0n) is 12.3. The van der Waals surface area contributed by atoms with Crippen LogP contribution in [0.4, 0.5) is 11.8 Å². The van der Waals surface area contributed by atoms with E-state index in [1.54, 1.807) is 12.3 Å². The summed E-state index contributed by atoms with van der Waals surface area (Å²) in [5, 5.41) is 1.15. The number of pyridine rings is 1. The van der Waals surface area contributed by atoms with Crippen LogP contribution in [0, 0.1) is 0 Å². The van der Waals surface area contributed by atoms with Crippen molar-refractivity contribution in [3.63, 3.8) is 0 Å². The molecule has 0 radical (unpaired) electrons. The van der Waals surface area contributed by atoms with E-state index in [0.717, 1.165) is 49.0 Å². The van der Waals surface area contributed by atoms with Gasteiger partial charge in [0.15, 0.2) is 0 Å². The van der Waals surface area contributed by atoms with Gasteiger partial charge in [0, 0.05) is 32.4 Å². The highest BCUT2D eigenvalue weighted by atomic mass is 35.5. The molecule has 0 bridgehead atoms. The Labute approximate surface area is 143 Å². The predicted octanol–water partition coefficient (Wildman–Crippen LogP) is 3.59. The quantitative estimate of drug-likeness (QED) is 0.769. The summed E-state index contributed by atoms with van der Waals surface area (Å²) in [6.07, 6.45) is 1.63. The molecule has 1 saturated heterocycles. The zero-order valence-corrected chi connectivity index (χ0v) is 13.8. The third kappa shape index (κ3) is 2.82. The van der Waals surface area contributed by atoms with Crippen molar-refractivity contribution in [3.8, 4) is 0 Å². The van der Waals surface area contributed by atoms with Gasteiger partial charge >= 0.3 is 0 Å². The number of fused-ring (bicyclic) bond motifs is 1. The molecule has 0 amide bonds. The van der Waals surface area contributed by atoms with Gasteiger partial charge in [-0.15, -0.1) is 0 Å². The fourth-order valence-corrected chi connectivity index (χ4v) is 3.36. The molecule has 1 aliphatic heterocycles. The van der Waals surface area contributed by atoms with Crippen molar-refractivity contribution >= 4 is 46.0 Å². The number of piperazine rings is 1. The van der Waals surface area contributed by atoms with Gasteiger partial charge in [0.25, 0.3) is 0 Å². The lowest BCUT2D eigenvalue weighted by molar-refractivity contribution is 0.638. The number of hydrogen-bond acceptors (Lipinski definition) is 4. The Balaban J connectivity index is 1.50. The summed E-state index contributed by atoms with van der Waals surface area (Å²) in [6.45, 7) is 3.40. The van der Waals surface area contributed by atoms with Crippen LogP contribution in [0.15, 0.2) is 36.5 Å². The number of para-hydroxylation sites is 2. The highest BCUT2D eigenvalue weighted by Crippen LogP contribution is 2.27. The van der Waals surface area contributed by atoms with E-state index in [9.17, 15) is 0 Å². The molecule has 0 aliphatic carbocycles. The van der Waals surface area contributed by atoms with Crippen LogP contribution < -0.4 is 9.80 Å². The van der Waals surface area contributed by atoms with Crippen LogP contribution in [0.1, 0.15) is 0 Å². The van der Waals surface area contributed by atoms with Crippen LogP contribution in [0.3, 0.4) is 0 Å². The summed E-state index contributed by atoms with van der Waals surface area (Å²) in [7, 11) is 0. The number of halogens is 2. The molecule has 7 heteroatoms. The summed E-state index contributed by atoms with van der Waals surface area (Å²) in [4.78, 5) is 16.8. The Morgan fingerprint density at radius 2 is 1.74 bits per heavy atom. The first-order chi connectivity index (χ1) is 11.2. The van der Waals surface area contributed by atoms with Crippen molar-refractivity contribution in [1.29, 1.82) is 0 Å². The Morgan fingerprint density at radius 1 is 1.00 bits per heavy atom. The summed E-state index contributed by atoms with van der Waals surface area (Å²) in [6, 6.07) is 9.80. The van der Waals surface area contributed by atoms with E-state index in [1.165, 1.54) is 0 Å².